The van der Waals surface area contributed by atoms with E-state index in [4.69, 9.17) is 0 Å². The fraction of sp³-hybridized carbons (Fsp3) is 0.294. The first-order valence-corrected chi connectivity index (χ1v) is 9.61. The van der Waals surface area contributed by atoms with Crippen molar-refractivity contribution >= 4 is 27.6 Å². The number of para-hydroxylation sites is 1. The molecule has 0 saturated carbocycles. The van der Waals surface area contributed by atoms with E-state index in [1.54, 1.807) is 18.2 Å². The van der Waals surface area contributed by atoms with Crippen LogP contribution in [0.1, 0.15) is 18.1 Å². The van der Waals surface area contributed by atoms with Gasteiger partial charge in [0.25, 0.3) is 0 Å². The normalized spacial score (nSPS) is 11.0. The number of benzene rings is 1. The minimum absolute atomic E-state index is 0.0126. The van der Waals surface area contributed by atoms with Crippen molar-refractivity contribution in [2.24, 2.45) is 0 Å². The molecule has 2 rings (SSSR count). The number of amides is 2. The Balaban J connectivity index is 1.86. The van der Waals surface area contributed by atoms with Crippen LogP contribution in [0.15, 0.2) is 42.6 Å². The number of carbonyl (C=O) groups is 1. The summed E-state index contributed by atoms with van der Waals surface area (Å²) in [5.41, 5.74) is 2.75. The number of nitrogens with zero attached hydrogens (tertiary/aromatic N) is 1. The number of rotatable bonds is 7. The summed E-state index contributed by atoms with van der Waals surface area (Å²) in [7, 11) is -3.58. The zero-order valence-electron chi connectivity index (χ0n) is 14.2. The highest BCUT2D eigenvalue weighted by Crippen LogP contribution is 2.20. The Labute approximate surface area is 147 Å². The van der Waals surface area contributed by atoms with Crippen LogP contribution >= 0.6 is 0 Å². The average Bonchev–Trinajstić information content (AvgIpc) is 2.57. The molecular weight excluding hydrogens is 340 g/mol. The minimum Gasteiger partial charge on any atom is -0.337 e. The van der Waals surface area contributed by atoms with Gasteiger partial charge in [-0.3, -0.25) is 4.72 Å². The Kier molecular flexibility index (Phi) is 6.35. The number of nitrogens with one attached hydrogen (secondary N) is 3. The molecular formula is C17H22N4O3S. The molecule has 134 valence electrons. The number of carbonyl (C=O) groups excluding carboxylic acids is 1. The van der Waals surface area contributed by atoms with Crippen LogP contribution in [0.25, 0.3) is 0 Å². The van der Waals surface area contributed by atoms with Crippen LogP contribution < -0.4 is 15.4 Å². The Morgan fingerprint density at radius 3 is 2.64 bits per heavy atom. The van der Waals surface area contributed by atoms with Crippen LogP contribution in [0.5, 0.6) is 0 Å². The van der Waals surface area contributed by atoms with Crippen molar-refractivity contribution in [2.45, 2.75) is 20.3 Å². The van der Waals surface area contributed by atoms with Crippen LogP contribution in [-0.4, -0.2) is 31.7 Å². The zero-order valence-corrected chi connectivity index (χ0v) is 15.1. The molecule has 0 bridgehead atoms. The predicted molar refractivity (Wildman–Crippen MR) is 99.2 cm³/mol. The van der Waals surface area contributed by atoms with Crippen LogP contribution in [0.3, 0.4) is 0 Å². The summed E-state index contributed by atoms with van der Waals surface area (Å²) in [5, 5.41) is 5.35. The first kappa shape index (κ1) is 18.7. The number of hydrogen-bond acceptors (Lipinski definition) is 4. The van der Waals surface area contributed by atoms with Crippen LogP contribution in [0, 0.1) is 6.92 Å². The van der Waals surface area contributed by atoms with Gasteiger partial charge in [-0.2, -0.15) is 0 Å². The first-order valence-electron chi connectivity index (χ1n) is 7.96. The van der Waals surface area contributed by atoms with Gasteiger partial charge in [-0.05, 0) is 36.6 Å². The molecule has 0 atom stereocenters. The van der Waals surface area contributed by atoms with Crippen LogP contribution in [0.4, 0.5) is 16.3 Å². The van der Waals surface area contributed by atoms with Crippen molar-refractivity contribution in [1.82, 2.24) is 10.3 Å². The summed E-state index contributed by atoms with van der Waals surface area (Å²) in [4.78, 5) is 15.9. The summed E-state index contributed by atoms with van der Waals surface area (Å²) >= 11 is 0. The van der Waals surface area contributed by atoms with Crippen LogP contribution in [0.2, 0.25) is 0 Å². The maximum atomic E-state index is 12.0. The monoisotopic (exact) mass is 362 g/mol. The summed E-state index contributed by atoms with van der Waals surface area (Å²) in [5.74, 6) is 0.00485. The highest BCUT2D eigenvalue weighted by molar-refractivity contribution is 7.92. The number of sulfonamides is 1. The van der Waals surface area contributed by atoms with Gasteiger partial charge in [-0.15, -0.1) is 0 Å². The maximum absolute atomic E-state index is 12.0. The number of hydrogen-bond donors (Lipinski definition) is 3. The minimum atomic E-state index is -3.58. The summed E-state index contributed by atoms with van der Waals surface area (Å²) < 4.78 is 26.3. The number of anilines is 2. The Hall–Kier alpha value is -2.61. The summed E-state index contributed by atoms with van der Waals surface area (Å²) in [6, 6.07) is 10.3. The molecule has 0 fully saturated rings. The lowest BCUT2D eigenvalue weighted by atomic mass is 10.1. The number of aryl methyl sites for hydroxylation is 2. The molecule has 0 saturated heterocycles. The molecule has 0 aliphatic rings. The number of pyridine rings is 1. The van der Waals surface area contributed by atoms with Crippen LogP contribution in [-0.2, 0) is 16.4 Å². The number of aromatic nitrogens is 1. The van der Waals surface area contributed by atoms with E-state index >= 15 is 0 Å². The van der Waals surface area contributed by atoms with E-state index in [0.717, 1.165) is 23.2 Å². The van der Waals surface area contributed by atoms with Crippen molar-refractivity contribution in [3.63, 3.8) is 0 Å². The topological polar surface area (TPSA) is 100 Å². The van der Waals surface area contributed by atoms with Crippen molar-refractivity contribution in [3.05, 3.63) is 53.7 Å². The molecule has 0 aliphatic carbocycles. The lowest BCUT2D eigenvalue weighted by molar-refractivity contribution is 0.252. The SMILES string of the molecule is CCc1cccc(C)c1NC(=O)NCCS(=O)(=O)Nc1ccccn1. The molecule has 0 spiro atoms. The second-order valence-corrected chi connectivity index (χ2v) is 7.32. The molecule has 3 N–H and O–H groups in total. The highest BCUT2D eigenvalue weighted by atomic mass is 32.2. The van der Waals surface area contributed by atoms with E-state index in [2.05, 4.69) is 20.3 Å². The Morgan fingerprint density at radius 1 is 1.16 bits per heavy atom. The smallest absolute Gasteiger partial charge is 0.319 e. The Bertz CT molecular complexity index is 823. The second kappa shape index (κ2) is 8.48. The fourth-order valence-corrected chi connectivity index (χ4v) is 3.20. The van der Waals surface area contributed by atoms with Crippen molar-refractivity contribution in [3.8, 4) is 0 Å². The predicted octanol–water partition coefficient (Wildman–Crippen LogP) is 2.52. The molecule has 1 heterocycles. The van der Waals surface area contributed by atoms with Gasteiger partial charge in [0.15, 0.2) is 0 Å². The largest absolute Gasteiger partial charge is 0.337 e. The second-order valence-electron chi connectivity index (χ2n) is 5.48. The van der Waals surface area contributed by atoms with Crippen molar-refractivity contribution in [2.75, 3.05) is 22.3 Å². The van der Waals surface area contributed by atoms with Gasteiger partial charge in [0.2, 0.25) is 10.0 Å². The first-order chi connectivity index (χ1) is 11.9. The van der Waals surface area contributed by atoms with Gasteiger partial charge >= 0.3 is 6.03 Å². The third-order valence-electron chi connectivity index (χ3n) is 3.56. The molecule has 2 amide bonds. The van der Waals surface area contributed by atoms with E-state index in [9.17, 15) is 13.2 Å². The van der Waals surface area contributed by atoms with Gasteiger partial charge in [0.1, 0.15) is 5.82 Å². The van der Waals surface area contributed by atoms with Gasteiger partial charge < -0.3 is 10.6 Å². The van der Waals surface area contributed by atoms with Gasteiger partial charge in [0, 0.05) is 18.4 Å². The molecule has 0 unspecified atom stereocenters. The zero-order chi connectivity index (χ0) is 18.3. The quantitative estimate of drug-likeness (QED) is 0.704. The van der Waals surface area contributed by atoms with E-state index in [0.29, 0.717) is 0 Å². The van der Waals surface area contributed by atoms with Gasteiger partial charge in [-0.1, -0.05) is 31.2 Å². The lowest BCUT2D eigenvalue weighted by Gasteiger charge is -2.14. The van der Waals surface area contributed by atoms with Crippen molar-refractivity contribution in [1.29, 1.82) is 0 Å². The van der Waals surface area contributed by atoms with E-state index < -0.39 is 16.1 Å². The molecule has 0 aliphatic heterocycles. The molecule has 25 heavy (non-hydrogen) atoms. The van der Waals surface area contributed by atoms with Gasteiger partial charge in [0.05, 0.1) is 5.75 Å². The molecule has 7 nitrogen and oxygen atoms in total. The van der Waals surface area contributed by atoms with E-state index in [1.165, 1.54) is 6.20 Å². The van der Waals surface area contributed by atoms with Crippen molar-refractivity contribution < 1.29 is 13.2 Å². The Morgan fingerprint density at radius 2 is 1.96 bits per heavy atom. The van der Waals surface area contributed by atoms with E-state index in [-0.39, 0.29) is 18.1 Å². The lowest BCUT2D eigenvalue weighted by Crippen LogP contribution is -2.34. The third kappa shape index (κ3) is 5.75. The number of urea groups is 1. The summed E-state index contributed by atoms with van der Waals surface area (Å²) in [6.45, 7) is 3.91. The maximum Gasteiger partial charge on any atom is 0.319 e. The molecule has 2 aromatic rings. The molecule has 1 aromatic heterocycles. The fourth-order valence-electron chi connectivity index (χ4n) is 2.29. The van der Waals surface area contributed by atoms with E-state index in [1.807, 2.05) is 32.0 Å². The summed E-state index contributed by atoms with van der Waals surface area (Å²) in [6.07, 6.45) is 2.29. The molecule has 0 radical (unpaired) electrons. The molecule has 8 heteroatoms. The molecule has 1 aromatic carbocycles. The standard InChI is InChI=1S/C17H22N4O3S/c1-3-14-8-6-7-13(2)16(14)20-17(22)19-11-12-25(23,24)21-15-9-4-5-10-18-15/h4-10H,3,11-12H2,1-2H3,(H,18,21)(H2,19,20,22). The third-order valence-corrected chi connectivity index (χ3v) is 4.82. The average molecular weight is 362 g/mol. The highest BCUT2D eigenvalue weighted by Gasteiger charge is 2.13. The van der Waals surface area contributed by atoms with Gasteiger partial charge in [-0.25, -0.2) is 18.2 Å².